The van der Waals surface area contributed by atoms with E-state index in [1.807, 2.05) is 31.2 Å². The molecule has 10 heteroatoms. The molecule has 0 unspecified atom stereocenters. The molecule has 4 rings (SSSR count). The van der Waals surface area contributed by atoms with Crippen LogP contribution in [0.25, 0.3) is 0 Å². The summed E-state index contributed by atoms with van der Waals surface area (Å²) in [6.07, 6.45) is 0.815. The summed E-state index contributed by atoms with van der Waals surface area (Å²) in [5.74, 6) is 0.559. The number of benzene rings is 2. The maximum absolute atomic E-state index is 13.2. The van der Waals surface area contributed by atoms with Crippen LogP contribution >= 0.6 is 0 Å². The molecule has 2 heterocycles. The second-order valence-electron chi connectivity index (χ2n) is 8.41. The van der Waals surface area contributed by atoms with Gasteiger partial charge in [0.2, 0.25) is 15.9 Å². The van der Waals surface area contributed by atoms with Crippen LogP contribution in [0, 0.1) is 5.92 Å². The summed E-state index contributed by atoms with van der Waals surface area (Å²) in [5.41, 5.74) is 1.28. The third kappa shape index (κ3) is 5.02. The van der Waals surface area contributed by atoms with Crippen molar-refractivity contribution >= 4 is 27.5 Å². The van der Waals surface area contributed by atoms with Crippen LogP contribution in [0.4, 0.5) is 5.69 Å². The van der Waals surface area contributed by atoms with E-state index in [0.29, 0.717) is 37.2 Å². The van der Waals surface area contributed by atoms with Gasteiger partial charge in [0.05, 0.1) is 17.7 Å². The largest absolute Gasteiger partial charge is 0.497 e. The van der Waals surface area contributed by atoms with Crippen molar-refractivity contribution in [3.05, 3.63) is 48.0 Å². The number of ether oxygens (including phenoxy) is 2. The number of amides is 2. The molecule has 2 amide bonds. The average molecular weight is 488 g/mol. The Morgan fingerprint density at radius 1 is 1.21 bits per heavy atom. The molecule has 0 aromatic heterocycles. The van der Waals surface area contributed by atoms with Gasteiger partial charge in [0, 0.05) is 25.6 Å². The predicted octanol–water partition coefficient (Wildman–Crippen LogP) is 2.52. The lowest BCUT2D eigenvalue weighted by Gasteiger charge is -2.31. The molecule has 0 bridgehead atoms. The lowest BCUT2D eigenvalue weighted by Crippen LogP contribution is -2.43. The van der Waals surface area contributed by atoms with E-state index in [1.165, 1.54) is 16.4 Å². The van der Waals surface area contributed by atoms with Crippen molar-refractivity contribution in [3.63, 3.8) is 0 Å². The Balaban J connectivity index is 1.35. The third-order valence-electron chi connectivity index (χ3n) is 6.20. The molecule has 1 fully saturated rings. The van der Waals surface area contributed by atoms with Crippen molar-refractivity contribution < 1.29 is 27.5 Å². The molecule has 1 saturated heterocycles. The summed E-state index contributed by atoms with van der Waals surface area (Å²) in [4.78, 5) is 24.8. The first-order chi connectivity index (χ1) is 16.3. The average Bonchev–Trinajstić information content (AvgIpc) is 2.86. The van der Waals surface area contributed by atoms with Crippen molar-refractivity contribution in [2.75, 3.05) is 25.5 Å². The normalized spacial score (nSPS) is 19.0. The minimum Gasteiger partial charge on any atom is -0.497 e. The Kier molecular flexibility index (Phi) is 7.08. The summed E-state index contributed by atoms with van der Waals surface area (Å²) < 4.78 is 38.6. The highest BCUT2D eigenvalue weighted by Crippen LogP contribution is 2.34. The van der Waals surface area contributed by atoms with Crippen LogP contribution in [-0.2, 0) is 26.2 Å². The molecule has 0 saturated carbocycles. The number of hydrogen-bond donors (Lipinski definition) is 2. The smallest absolute Gasteiger partial charge is 0.265 e. The molecule has 2 aromatic carbocycles. The van der Waals surface area contributed by atoms with Crippen LogP contribution in [0.2, 0.25) is 0 Å². The quantitative estimate of drug-likeness (QED) is 0.620. The molecule has 2 aliphatic rings. The Morgan fingerprint density at radius 3 is 2.68 bits per heavy atom. The van der Waals surface area contributed by atoms with E-state index in [0.717, 1.165) is 11.3 Å². The van der Waals surface area contributed by atoms with E-state index in [2.05, 4.69) is 10.6 Å². The summed E-state index contributed by atoms with van der Waals surface area (Å²) in [6.45, 7) is 2.72. The van der Waals surface area contributed by atoms with Gasteiger partial charge in [0.25, 0.3) is 5.91 Å². The molecule has 0 radical (unpaired) electrons. The van der Waals surface area contributed by atoms with Crippen LogP contribution in [0.15, 0.2) is 47.4 Å². The van der Waals surface area contributed by atoms with Crippen LogP contribution in [0.3, 0.4) is 0 Å². The molecule has 9 nitrogen and oxygen atoms in total. The third-order valence-corrected chi connectivity index (χ3v) is 8.10. The maximum atomic E-state index is 13.2. The van der Waals surface area contributed by atoms with Gasteiger partial charge in [-0.3, -0.25) is 9.59 Å². The number of anilines is 1. The number of nitrogens with one attached hydrogen (secondary N) is 2. The molecule has 0 spiro atoms. The van der Waals surface area contributed by atoms with Gasteiger partial charge in [-0.1, -0.05) is 19.1 Å². The first-order valence-electron chi connectivity index (χ1n) is 11.3. The SMILES string of the molecule is CC[C@@H]1Oc2ccc(S(=O)(=O)N3CCC(C(=O)NCc4cccc(OC)c4)CC3)cc2NC1=O. The van der Waals surface area contributed by atoms with Crippen molar-refractivity contribution in [2.24, 2.45) is 5.92 Å². The van der Waals surface area contributed by atoms with Gasteiger partial charge >= 0.3 is 0 Å². The Hall–Kier alpha value is -3.11. The zero-order chi connectivity index (χ0) is 24.3. The minimum atomic E-state index is -3.76. The molecular weight excluding hydrogens is 458 g/mol. The zero-order valence-corrected chi connectivity index (χ0v) is 20.1. The monoisotopic (exact) mass is 487 g/mol. The summed E-state index contributed by atoms with van der Waals surface area (Å²) in [7, 11) is -2.17. The number of piperidine rings is 1. The Labute approximate surface area is 199 Å². The minimum absolute atomic E-state index is 0.0843. The second-order valence-corrected chi connectivity index (χ2v) is 10.3. The predicted molar refractivity (Wildman–Crippen MR) is 126 cm³/mol. The molecular formula is C24H29N3O6S. The number of carbonyl (C=O) groups is 2. The molecule has 1 atom stereocenters. The Morgan fingerprint density at radius 2 is 1.97 bits per heavy atom. The van der Waals surface area contributed by atoms with Crippen molar-refractivity contribution in [1.82, 2.24) is 9.62 Å². The molecule has 182 valence electrons. The number of sulfonamides is 1. The van der Waals surface area contributed by atoms with Crippen molar-refractivity contribution in [3.8, 4) is 11.5 Å². The molecule has 34 heavy (non-hydrogen) atoms. The lowest BCUT2D eigenvalue weighted by atomic mass is 9.97. The van der Waals surface area contributed by atoms with E-state index in [1.54, 1.807) is 13.2 Å². The molecule has 0 aliphatic carbocycles. The van der Waals surface area contributed by atoms with Crippen LogP contribution < -0.4 is 20.1 Å². The van der Waals surface area contributed by atoms with Crippen molar-refractivity contribution in [1.29, 1.82) is 0 Å². The van der Waals surface area contributed by atoms with E-state index >= 15 is 0 Å². The first-order valence-corrected chi connectivity index (χ1v) is 12.8. The van der Waals surface area contributed by atoms with E-state index < -0.39 is 16.1 Å². The van der Waals surface area contributed by atoms with Gasteiger partial charge in [-0.05, 0) is 55.2 Å². The van der Waals surface area contributed by atoms with Crippen molar-refractivity contribution in [2.45, 2.75) is 43.7 Å². The number of rotatable bonds is 7. The second kappa shape index (κ2) is 10.0. The number of nitrogens with zero attached hydrogens (tertiary/aromatic N) is 1. The van der Waals surface area contributed by atoms with E-state index in [9.17, 15) is 18.0 Å². The first kappa shape index (κ1) is 24.0. The number of carbonyl (C=O) groups excluding carboxylic acids is 2. The standard InChI is InChI=1S/C24H29N3O6S/c1-3-21-24(29)26-20-14-19(7-8-22(20)33-21)34(30,31)27-11-9-17(10-12-27)23(28)25-15-16-5-4-6-18(13-16)32-2/h4-8,13-14,17,21H,3,9-12,15H2,1-2H3,(H,25,28)(H,26,29)/t21-/m0/s1. The molecule has 2 aliphatic heterocycles. The fourth-order valence-corrected chi connectivity index (χ4v) is 5.68. The van der Waals surface area contributed by atoms with Gasteiger partial charge < -0.3 is 20.1 Å². The summed E-state index contributed by atoms with van der Waals surface area (Å²) in [6, 6.07) is 12.0. The molecule has 2 N–H and O–H groups in total. The number of methoxy groups -OCH3 is 1. The van der Waals surface area contributed by atoms with Gasteiger partial charge in [0.1, 0.15) is 11.5 Å². The topological polar surface area (TPSA) is 114 Å². The zero-order valence-electron chi connectivity index (χ0n) is 19.2. The van der Waals surface area contributed by atoms with E-state index in [4.69, 9.17) is 9.47 Å². The summed E-state index contributed by atoms with van der Waals surface area (Å²) in [5, 5.41) is 5.66. The molecule has 2 aromatic rings. The maximum Gasteiger partial charge on any atom is 0.265 e. The number of fused-ring (bicyclic) bond motifs is 1. The summed E-state index contributed by atoms with van der Waals surface area (Å²) >= 11 is 0. The van der Waals surface area contributed by atoms with Gasteiger partial charge in [-0.25, -0.2) is 8.42 Å². The van der Waals surface area contributed by atoms with E-state index in [-0.39, 0.29) is 35.7 Å². The highest BCUT2D eigenvalue weighted by atomic mass is 32.2. The lowest BCUT2D eigenvalue weighted by molar-refractivity contribution is -0.126. The Bertz CT molecular complexity index is 1170. The van der Waals surface area contributed by atoms with Gasteiger partial charge in [-0.2, -0.15) is 4.31 Å². The van der Waals surface area contributed by atoms with Crippen LogP contribution in [-0.4, -0.2) is 50.8 Å². The van der Waals surface area contributed by atoms with Gasteiger partial charge in [0.15, 0.2) is 6.10 Å². The number of hydrogen-bond acceptors (Lipinski definition) is 6. The van der Waals surface area contributed by atoms with Gasteiger partial charge in [-0.15, -0.1) is 0 Å². The fraction of sp³-hybridized carbons (Fsp3) is 0.417. The van der Waals surface area contributed by atoms with Crippen LogP contribution in [0.1, 0.15) is 31.7 Å². The van der Waals surface area contributed by atoms with Crippen LogP contribution in [0.5, 0.6) is 11.5 Å². The highest BCUT2D eigenvalue weighted by Gasteiger charge is 2.33. The fourth-order valence-electron chi connectivity index (χ4n) is 4.18. The highest BCUT2D eigenvalue weighted by molar-refractivity contribution is 7.89.